The number of furan rings is 1. The van der Waals surface area contributed by atoms with E-state index in [1.807, 2.05) is 0 Å². The van der Waals surface area contributed by atoms with Gasteiger partial charge in [0.1, 0.15) is 11.2 Å². The van der Waals surface area contributed by atoms with Gasteiger partial charge in [-0.2, -0.15) is 0 Å². The van der Waals surface area contributed by atoms with E-state index in [4.69, 9.17) is 4.42 Å². The maximum atomic E-state index is 7.89. The van der Waals surface area contributed by atoms with Gasteiger partial charge in [-0.05, 0) is 153 Å². The molecule has 2 aliphatic heterocycles. The minimum Gasteiger partial charge on any atom is -0.466 e. The summed E-state index contributed by atoms with van der Waals surface area (Å²) in [4.78, 5) is 5.19. The fourth-order valence-corrected chi connectivity index (χ4v) is 12.3. The summed E-state index contributed by atoms with van der Waals surface area (Å²) in [6, 6.07) is 44.8. The second-order valence-corrected chi connectivity index (χ2v) is 27.0. The molecule has 4 nitrogen and oxygen atoms in total. The zero-order valence-electron chi connectivity index (χ0n) is 47.3. The van der Waals surface area contributed by atoms with Crippen LogP contribution in [0, 0.1) is 27.7 Å². The largest absolute Gasteiger partial charge is 0.466 e. The van der Waals surface area contributed by atoms with Gasteiger partial charge < -0.3 is 18.7 Å². The number of fused-ring (bicyclic) bond motifs is 9. The zero-order chi connectivity index (χ0) is 52.4. The molecule has 372 valence electrons. The lowest BCUT2D eigenvalue weighted by Crippen LogP contribution is -2.56. The third-order valence-corrected chi connectivity index (χ3v) is 16.3. The van der Waals surface area contributed by atoms with E-state index in [2.05, 4.69) is 261 Å². The van der Waals surface area contributed by atoms with Gasteiger partial charge in [-0.1, -0.05) is 177 Å². The number of anilines is 6. The molecule has 2 aromatic heterocycles. The minimum atomic E-state index is -0.272. The molecule has 11 rings (SSSR count). The highest BCUT2D eigenvalue weighted by Crippen LogP contribution is 2.54. The van der Waals surface area contributed by atoms with Crippen LogP contribution < -0.4 is 20.9 Å². The Morgan fingerprint density at radius 1 is 0.479 bits per heavy atom. The molecule has 0 spiro atoms. The van der Waals surface area contributed by atoms with Gasteiger partial charge in [0.05, 0.1) is 22.7 Å². The van der Waals surface area contributed by atoms with Gasteiger partial charge in [0, 0.05) is 49.7 Å². The summed E-state index contributed by atoms with van der Waals surface area (Å²) < 4.78 is 10.6. The van der Waals surface area contributed by atoms with Gasteiger partial charge in [-0.3, -0.25) is 0 Å². The molecule has 4 heterocycles. The Hall–Kier alpha value is -6.46. The number of hydrogen-bond acceptors (Lipinski definition) is 3. The van der Waals surface area contributed by atoms with Crippen LogP contribution in [0.1, 0.15) is 154 Å². The first-order valence-corrected chi connectivity index (χ1v) is 26.8. The molecule has 0 amide bonds. The van der Waals surface area contributed by atoms with Gasteiger partial charge >= 0.3 is 6.85 Å². The molecule has 0 unspecified atom stereocenters. The second kappa shape index (κ2) is 16.0. The van der Waals surface area contributed by atoms with E-state index in [1.165, 1.54) is 117 Å². The summed E-state index contributed by atoms with van der Waals surface area (Å²) in [6.45, 7) is 44.1. The molecule has 0 aliphatic carbocycles. The van der Waals surface area contributed by atoms with E-state index in [1.54, 1.807) is 0 Å². The molecule has 73 heavy (non-hydrogen) atoms. The molecule has 2 aliphatic rings. The number of rotatable bonds is 4. The zero-order valence-corrected chi connectivity index (χ0v) is 47.3. The van der Waals surface area contributed by atoms with Gasteiger partial charge in [-0.25, -0.2) is 0 Å². The summed E-state index contributed by atoms with van der Waals surface area (Å²) in [6.07, 6.45) is 0. The molecule has 0 atom stereocenters. The van der Waals surface area contributed by atoms with E-state index in [0.29, 0.717) is 0 Å². The summed E-state index contributed by atoms with van der Waals surface area (Å²) in [5, 5.41) is 3.69. The first kappa shape index (κ1) is 48.8. The van der Waals surface area contributed by atoms with Crippen molar-refractivity contribution in [2.24, 2.45) is 0 Å². The lowest BCUT2D eigenvalue weighted by atomic mass is 9.47. The molecule has 0 N–H and O–H groups in total. The lowest BCUT2D eigenvalue weighted by Gasteiger charge is -2.41. The van der Waals surface area contributed by atoms with Crippen LogP contribution in [-0.2, 0) is 27.1 Å². The van der Waals surface area contributed by atoms with Crippen molar-refractivity contribution in [1.82, 2.24) is 4.48 Å². The van der Waals surface area contributed by atoms with E-state index in [9.17, 15) is 0 Å². The van der Waals surface area contributed by atoms with Crippen LogP contribution in [0.3, 0.4) is 0 Å². The molecule has 0 fully saturated rings. The van der Waals surface area contributed by atoms with Crippen LogP contribution >= 0.6 is 0 Å². The Bertz CT molecular complexity index is 3710. The molecule has 5 heteroatoms. The Labute approximate surface area is 436 Å². The van der Waals surface area contributed by atoms with Crippen molar-refractivity contribution >= 4 is 84.9 Å². The SMILES string of the molecule is Cc1cc(C(C)(C)C)cc(C)c1N1c2cc(C(C)(C)C)cc3c2B(c2oc4c(C(C)(C)C)cc(C(C)(C)C)cc4c21)n1c2ccc(C(C)(C)C)cc2c2c(N(c4ccccc4)c4c(C)cccc4C)ccc-3c21. The average Bonchev–Trinajstić information content (AvgIpc) is 3.84. The highest BCUT2D eigenvalue weighted by molar-refractivity contribution is 6.89. The predicted octanol–water partition coefficient (Wildman–Crippen LogP) is 18.1. The van der Waals surface area contributed by atoms with Crippen LogP contribution in [0.15, 0.2) is 120 Å². The third-order valence-electron chi connectivity index (χ3n) is 16.3. The molecule has 0 radical (unpaired) electrons. The maximum absolute atomic E-state index is 7.89. The molecular weight excluding hydrogens is 886 g/mol. The van der Waals surface area contributed by atoms with Crippen LogP contribution in [0.2, 0.25) is 0 Å². The summed E-state index contributed by atoms with van der Waals surface area (Å²) in [5.41, 5.74) is 26.4. The molecule has 0 bridgehead atoms. The van der Waals surface area contributed by atoms with Gasteiger partial charge in [0.15, 0.2) is 0 Å². The molecule has 9 aromatic rings. The Balaban J connectivity index is 1.38. The van der Waals surface area contributed by atoms with Gasteiger partial charge in [-0.15, -0.1) is 0 Å². The predicted molar refractivity (Wildman–Crippen MR) is 317 cm³/mol. The van der Waals surface area contributed by atoms with Crippen molar-refractivity contribution in [3.8, 4) is 11.1 Å². The fourth-order valence-electron chi connectivity index (χ4n) is 12.3. The van der Waals surface area contributed by atoms with Crippen LogP contribution in [0.5, 0.6) is 0 Å². The molecule has 0 saturated carbocycles. The van der Waals surface area contributed by atoms with E-state index in [0.717, 1.165) is 22.6 Å². The smallest absolute Gasteiger partial charge is 0.375 e. The third kappa shape index (κ3) is 7.52. The van der Waals surface area contributed by atoms with E-state index < -0.39 is 0 Å². The van der Waals surface area contributed by atoms with E-state index >= 15 is 0 Å². The quantitative estimate of drug-likeness (QED) is 0.164. The normalized spacial score (nSPS) is 13.9. The number of hydrogen-bond donors (Lipinski definition) is 0. The van der Waals surface area contributed by atoms with Crippen molar-refractivity contribution < 1.29 is 4.42 Å². The number of benzene rings is 7. The average molecular weight is 962 g/mol. The summed E-state index contributed by atoms with van der Waals surface area (Å²) in [7, 11) is 0. The van der Waals surface area contributed by atoms with Crippen molar-refractivity contribution in [1.29, 1.82) is 0 Å². The van der Waals surface area contributed by atoms with Crippen LogP contribution in [0.25, 0.3) is 43.9 Å². The molecule has 7 aromatic carbocycles. The van der Waals surface area contributed by atoms with Gasteiger partial charge in [0.25, 0.3) is 0 Å². The number of nitrogens with zero attached hydrogens (tertiary/aromatic N) is 3. The van der Waals surface area contributed by atoms with Crippen molar-refractivity contribution in [2.75, 3.05) is 9.80 Å². The highest BCUT2D eigenvalue weighted by atomic mass is 16.3. The Kier molecular flexibility index (Phi) is 10.7. The van der Waals surface area contributed by atoms with Crippen molar-refractivity contribution in [3.05, 3.63) is 165 Å². The highest BCUT2D eigenvalue weighted by Gasteiger charge is 2.48. The monoisotopic (exact) mass is 962 g/mol. The lowest BCUT2D eigenvalue weighted by molar-refractivity contribution is 0.557. The number of aryl methyl sites for hydroxylation is 4. The summed E-state index contributed by atoms with van der Waals surface area (Å²) in [5.74, 6) is 0. The van der Waals surface area contributed by atoms with Crippen LogP contribution in [-0.4, -0.2) is 11.3 Å². The second-order valence-electron chi connectivity index (χ2n) is 27.0. The standard InChI is InChI=1S/C68H76BN3O/c1-39-24-23-25-40(2)58(39)70(47-26-21-20-22-27-47)54-31-29-48-49-35-46(67(14,15)16)38-55-57(49)69(72-53-30-28-43(64(5,6)7)34-50(53)56(54)60(48)72)63-61(71(55)59-41(3)32-44(33-42(59)4)65(8,9)10)51-36-45(66(11,12)13)37-52(62(51)73-63)68(17,18)19/h20-38H,1-19H3. The first-order valence-electron chi connectivity index (χ1n) is 26.8. The topological polar surface area (TPSA) is 24.6 Å². The fraction of sp³-hybridized carbons (Fsp3) is 0.353. The number of aromatic nitrogens is 1. The maximum Gasteiger partial charge on any atom is 0.375 e. The first-order chi connectivity index (χ1) is 34.1. The van der Waals surface area contributed by atoms with Crippen molar-refractivity contribution in [3.63, 3.8) is 0 Å². The Morgan fingerprint density at radius 3 is 1.64 bits per heavy atom. The summed E-state index contributed by atoms with van der Waals surface area (Å²) >= 11 is 0. The van der Waals surface area contributed by atoms with Gasteiger partial charge in [0.2, 0.25) is 0 Å². The van der Waals surface area contributed by atoms with Crippen molar-refractivity contribution in [2.45, 2.75) is 159 Å². The van der Waals surface area contributed by atoms with Crippen LogP contribution in [0.4, 0.5) is 34.1 Å². The molecule has 0 saturated heterocycles. The molecular formula is C68H76BN3O. The number of para-hydroxylation sites is 2. The minimum absolute atomic E-state index is 0.00661. The van der Waals surface area contributed by atoms with E-state index in [-0.39, 0.29) is 33.9 Å². The Morgan fingerprint density at radius 2 is 1.05 bits per heavy atom.